The number of rotatable bonds is 2. The van der Waals surface area contributed by atoms with Gasteiger partial charge in [0, 0.05) is 20.0 Å². The Morgan fingerprint density at radius 2 is 2.00 bits per heavy atom. The minimum Gasteiger partial charge on any atom is -0.362 e. The number of hydrazone groups is 1. The lowest BCUT2D eigenvalue weighted by Gasteiger charge is -2.25. The van der Waals surface area contributed by atoms with Gasteiger partial charge in [-0.15, -0.1) is 0 Å². The Bertz CT molecular complexity index is 332. The molecular formula is C12H17N3. The molecule has 0 aliphatic carbocycles. The van der Waals surface area contributed by atoms with Crippen molar-refractivity contribution < 1.29 is 0 Å². The molecule has 1 fully saturated rings. The van der Waals surface area contributed by atoms with Crippen molar-refractivity contribution >= 4 is 11.5 Å². The van der Waals surface area contributed by atoms with E-state index in [-0.39, 0.29) is 0 Å². The summed E-state index contributed by atoms with van der Waals surface area (Å²) in [5.74, 6) is 1.16. The van der Waals surface area contributed by atoms with Crippen molar-refractivity contribution in [1.29, 1.82) is 0 Å². The molecule has 0 bridgehead atoms. The van der Waals surface area contributed by atoms with Crippen LogP contribution in [-0.4, -0.2) is 24.3 Å². The van der Waals surface area contributed by atoms with Crippen LogP contribution in [0.3, 0.4) is 0 Å². The molecule has 0 saturated carbocycles. The highest BCUT2D eigenvalue weighted by atomic mass is 15.3. The van der Waals surface area contributed by atoms with Crippen LogP contribution in [0.15, 0.2) is 35.4 Å². The molecule has 0 atom stereocenters. The second kappa shape index (κ2) is 4.82. The fourth-order valence-electron chi connectivity index (χ4n) is 1.74. The van der Waals surface area contributed by atoms with Crippen LogP contribution < -0.4 is 5.43 Å². The average molecular weight is 203 g/mol. The number of likely N-dealkylation sites (tertiary alicyclic amines) is 1. The molecule has 1 saturated heterocycles. The normalized spacial score (nSPS) is 19.3. The number of anilines is 1. The van der Waals surface area contributed by atoms with Crippen LogP contribution in [-0.2, 0) is 0 Å². The van der Waals surface area contributed by atoms with Gasteiger partial charge < -0.3 is 4.90 Å². The second-order valence-electron chi connectivity index (χ2n) is 3.88. The van der Waals surface area contributed by atoms with Gasteiger partial charge in [0.05, 0.1) is 5.69 Å². The Balaban J connectivity index is 1.98. The summed E-state index contributed by atoms with van der Waals surface area (Å²) < 4.78 is 0. The van der Waals surface area contributed by atoms with Gasteiger partial charge in [-0.3, -0.25) is 5.43 Å². The summed E-state index contributed by atoms with van der Waals surface area (Å²) in [6.07, 6.45) is 3.61. The van der Waals surface area contributed by atoms with Gasteiger partial charge in [0.15, 0.2) is 0 Å². The fraction of sp³-hybridized carbons (Fsp3) is 0.417. The molecule has 0 aromatic heterocycles. The van der Waals surface area contributed by atoms with E-state index in [0.717, 1.165) is 24.5 Å². The summed E-state index contributed by atoms with van der Waals surface area (Å²) >= 11 is 0. The van der Waals surface area contributed by atoms with Crippen LogP contribution in [0.4, 0.5) is 5.69 Å². The molecule has 1 aromatic rings. The van der Waals surface area contributed by atoms with Crippen LogP contribution in [0.5, 0.6) is 0 Å². The van der Waals surface area contributed by atoms with E-state index < -0.39 is 0 Å². The maximum absolute atomic E-state index is 4.43. The molecule has 3 heteroatoms. The van der Waals surface area contributed by atoms with Crippen molar-refractivity contribution in [3.8, 4) is 0 Å². The predicted molar refractivity (Wildman–Crippen MR) is 64.0 cm³/mol. The highest BCUT2D eigenvalue weighted by molar-refractivity contribution is 5.83. The number of amidine groups is 1. The van der Waals surface area contributed by atoms with E-state index in [1.807, 2.05) is 30.3 Å². The molecule has 1 heterocycles. The minimum absolute atomic E-state index is 1.05. The lowest BCUT2D eigenvalue weighted by atomic mass is 10.1. The molecular weight excluding hydrogens is 186 g/mol. The summed E-state index contributed by atoms with van der Waals surface area (Å²) in [7, 11) is 2.10. The summed E-state index contributed by atoms with van der Waals surface area (Å²) in [5.41, 5.74) is 4.14. The summed E-state index contributed by atoms with van der Waals surface area (Å²) in [5, 5.41) is 4.43. The maximum Gasteiger partial charge on any atom is 0.124 e. The number of para-hydroxylation sites is 1. The molecule has 1 aromatic carbocycles. The van der Waals surface area contributed by atoms with Crippen molar-refractivity contribution in [2.75, 3.05) is 19.0 Å². The zero-order valence-corrected chi connectivity index (χ0v) is 9.11. The zero-order chi connectivity index (χ0) is 10.5. The number of hydrogen-bond donors (Lipinski definition) is 1. The Morgan fingerprint density at radius 1 is 1.20 bits per heavy atom. The quantitative estimate of drug-likeness (QED) is 0.748. The predicted octanol–water partition coefficient (Wildman–Crippen LogP) is 2.53. The van der Waals surface area contributed by atoms with Crippen LogP contribution in [0.1, 0.15) is 19.3 Å². The number of nitrogens with zero attached hydrogens (tertiary/aromatic N) is 2. The lowest BCUT2D eigenvalue weighted by Crippen LogP contribution is -2.32. The summed E-state index contributed by atoms with van der Waals surface area (Å²) in [4.78, 5) is 2.22. The van der Waals surface area contributed by atoms with Gasteiger partial charge in [-0.25, -0.2) is 0 Å². The minimum atomic E-state index is 1.05. The van der Waals surface area contributed by atoms with Crippen molar-refractivity contribution in [3.63, 3.8) is 0 Å². The van der Waals surface area contributed by atoms with E-state index in [0.29, 0.717) is 0 Å². The van der Waals surface area contributed by atoms with E-state index in [1.54, 1.807) is 0 Å². The van der Waals surface area contributed by atoms with Crippen molar-refractivity contribution in [3.05, 3.63) is 30.3 Å². The largest absolute Gasteiger partial charge is 0.362 e. The molecule has 0 radical (unpaired) electrons. The Morgan fingerprint density at radius 3 is 2.73 bits per heavy atom. The highest BCUT2D eigenvalue weighted by Gasteiger charge is 2.11. The highest BCUT2D eigenvalue weighted by Crippen LogP contribution is 2.11. The molecule has 0 unspecified atom stereocenters. The van der Waals surface area contributed by atoms with Gasteiger partial charge in [-0.05, 0) is 25.0 Å². The number of piperidine rings is 1. The standard InChI is InChI=1S/C12H17N3/c1-15-10-6-5-9-12(15)14-13-11-7-3-2-4-8-11/h2-4,7-8,13H,5-6,9-10H2,1H3/b14-12-. The van der Waals surface area contributed by atoms with E-state index >= 15 is 0 Å². The first-order valence-corrected chi connectivity index (χ1v) is 5.45. The number of benzene rings is 1. The Labute approximate surface area is 90.8 Å². The molecule has 1 aliphatic heterocycles. The van der Waals surface area contributed by atoms with Crippen molar-refractivity contribution in [2.45, 2.75) is 19.3 Å². The molecule has 3 nitrogen and oxygen atoms in total. The van der Waals surface area contributed by atoms with Gasteiger partial charge >= 0.3 is 0 Å². The van der Waals surface area contributed by atoms with Crippen LogP contribution in [0, 0.1) is 0 Å². The van der Waals surface area contributed by atoms with E-state index in [1.165, 1.54) is 12.8 Å². The molecule has 2 rings (SSSR count). The average Bonchev–Trinajstić information content (AvgIpc) is 2.29. The fourth-order valence-corrected chi connectivity index (χ4v) is 1.74. The topological polar surface area (TPSA) is 27.6 Å². The smallest absolute Gasteiger partial charge is 0.124 e. The molecule has 1 N–H and O–H groups in total. The SMILES string of the molecule is CN1CCCC/C1=N/Nc1ccccc1. The third-order valence-corrected chi connectivity index (χ3v) is 2.67. The van der Waals surface area contributed by atoms with Gasteiger partial charge in [-0.2, -0.15) is 5.10 Å². The van der Waals surface area contributed by atoms with Crippen molar-refractivity contribution in [2.24, 2.45) is 5.10 Å². The van der Waals surface area contributed by atoms with Crippen LogP contribution in [0.2, 0.25) is 0 Å². The third kappa shape index (κ3) is 2.72. The third-order valence-electron chi connectivity index (χ3n) is 2.67. The first kappa shape index (κ1) is 10.0. The molecule has 1 aliphatic rings. The first-order valence-electron chi connectivity index (χ1n) is 5.45. The van der Waals surface area contributed by atoms with Crippen LogP contribution in [0.25, 0.3) is 0 Å². The number of hydrogen-bond acceptors (Lipinski definition) is 2. The molecule has 0 amide bonds. The van der Waals surface area contributed by atoms with E-state index in [4.69, 9.17) is 0 Å². The van der Waals surface area contributed by atoms with Crippen molar-refractivity contribution in [1.82, 2.24) is 4.90 Å². The summed E-state index contributed by atoms with van der Waals surface area (Å²) in [6.45, 7) is 1.12. The van der Waals surface area contributed by atoms with Gasteiger partial charge in [0.2, 0.25) is 0 Å². The first-order chi connectivity index (χ1) is 7.36. The molecule has 80 valence electrons. The molecule has 15 heavy (non-hydrogen) atoms. The Hall–Kier alpha value is -1.51. The second-order valence-corrected chi connectivity index (χ2v) is 3.88. The number of nitrogens with one attached hydrogen (secondary N) is 1. The van der Waals surface area contributed by atoms with Gasteiger partial charge in [0.1, 0.15) is 5.84 Å². The van der Waals surface area contributed by atoms with Gasteiger partial charge in [-0.1, -0.05) is 18.2 Å². The maximum atomic E-state index is 4.43. The molecule has 0 spiro atoms. The van der Waals surface area contributed by atoms with Gasteiger partial charge in [0.25, 0.3) is 0 Å². The lowest BCUT2D eigenvalue weighted by molar-refractivity contribution is 0.433. The zero-order valence-electron chi connectivity index (χ0n) is 9.11. The van der Waals surface area contributed by atoms with E-state index in [2.05, 4.69) is 22.5 Å². The monoisotopic (exact) mass is 203 g/mol. The van der Waals surface area contributed by atoms with E-state index in [9.17, 15) is 0 Å². The summed E-state index contributed by atoms with van der Waals surface area (Å²) in [6, 6.07) is 10.1. The van der Waals surface area contributed by atoms with Crippen LogP contribution >= 0.6 is 0 Å². The Kier molecular flexibility index (Phi) is 3.22.